The lowest BCUT2D eigenvalue weighted by Gasteiger charge is -2.31. The van der Waals surface area contributed by atoms with Gasteiger partial charge in [0.05, 0.1) is 19.2 Å². The Balaban J connectivity index is 2.25. The number of aliphatic carboxylic acids is 1. The zero-order valence-electron chi connectivity index (χ0n) is 21.6. The number of nitrogens with one attached hydrogen (secondary N) is 2. The Morgan fingerprint density at radius 2 is 1.64 bits per heavy atom. The summed E-state index contributed by atoms with van der Waals surface area (Å²) in [4.78, 5) is 36.9. The number of carbonyl (C=O) groups excluding carboxylic acids is 2. The third-order valence-electron chi connectivity index (χ3n) is 5.75. The van der Waals surface area contributed by atoms with Crippen molar-refractivity contribution in [3.63, 3.8) is 0 Å². The molecule has 2 aromatic rings. The first-order valence-electron chi connectivity index (χ1n) is 11.9. The van der Waals surface area contributed by atoms with Gasteiger partial charge in [-0.25, -0.2) is 4.79 Å². The van der Waals surface area contributed by atoms with Gasteiger partial charge >= 0.3 is 12.1 Å². The number of aliphatic hydroxyl groups excluding tert-OH is 1. The lowest BCUT2D eigenvalue weighted by Crippen LogP contribution is -2.56. The summed E-state index contributed by atoms with van der Waals surface area (Å²) in [5.41, 5.74) is 6.84. The van der Waals surface area contributed by atoms with Gasteiger partial charge in [0.25, 0.3) is 0 Å². The number of benzene rings is 2. The van der Waals surface area contributed by atoms with Crippen LogP contribution in [-0.4, -0.2) is 66.1 Å². The molecule has 0 bridgehead atoms. The van der Waals surface area contributed by atoms with Crippen LogP contribution in [0.3, 0.4) is 0 Å². The Kier molecular flexibility index (Phi) is 11.1. The Morgan fingerprint density at radius 3 is 2.18 bits per heavy atom. The molecule has 0 aliphatic rings. The zero-order valence-corrected chi connectivity index (χ0v) is 21.6. The van der Waals surface area contributed by atoms with Crippen LogP contribution in [0, 0.1) is 5.92 Å². The van der Waals surface area contributed by atoms with E-state index >= 15 is 0 Å². The summed E-state index contributed by atoms with van der Waals surface area (Å²) in [7, 11) is 1.42. The fraction of sp³-hybridized carbons (Fsp3) is 0.423. The van der Waals surface area contributed by atoms with Crippen LogP contribution in [0.15, 0.2) is 48.5 Å². The minimum atomic E-state index is -4.98. The summed E-state index contributed by atoms with van der Waals surface area (Å²) in [6.07, 6.45) is -7.83. The predicted octanol–water partition coefficient (Wildman–Crippen LogP) is 1.95. The predicted molar refractivity (Wildman–Crippen MR) is 134 cm³/mol. The molecule has 0 fully saturated rings. The molecule has 13 heteroatoms. The average molecular weight is 556 g/mol. The van der Waals surface area contributed by atoms with Gasteiger partial charge in [-0.05, 0) is 47.7 Å². The highest BCUT2D eigenvalue weighted by Gasteiger charge is 2.45. The normalized spacial score (nSPS) is 14.6. The first-order chi connectivity index (χ1) is 18.2. The van der Waals surface area contributed by atoms with Gasteiger partial charge in [-0.3, -0.25) is 9.59 Å². The lowest BCUT2D eigenvalue weighted by atomic mass is 9.96. The van der Waals surface area contributed by atoms with Gasteiger partial charge in [-0.2, -0.15) is 13.2 Å². The van der Waals surface area contributed by atoms with E-state index in [1.165, 1.54) is 57.4 Å². The highest BCUT2D eigenvalue weighted by molar-refractivity contribution is 5.90. The molecular formula is C26H32F3N3O7. The Hall–Kier alpha value is -3.84. The number of methoxy groups -OCH3 is 1. The second-order valence-electron chi connectivity index (χ2n) is 9.12. The second-order valence-corrected chi connectivity index (χ2v) is 9.12. The van der Waals surface area contributed by atoms with Crippen molar-refractivity contribution in [1.29, 1.82) is 0 Å². The monoisotopic (exact) mass is 555 g/mol. The number of hydrogen-bond acceptors (Lipinski definition) is 7. The number of carbonyl (C=O) groups is 3. The molecule has 10 nitrogen and oxygen atoms in total. The Bertz CT molecular complexity index is 1130. The highest BCUT2D eigenvalue weighted by atomic mass is 19.4. The molecule has 0 saturated carbocycles. The van der Waals surface area contributed by atoms with E-state index < -0.39 is 60.7 Å². The third-order valence-corrected chi connectivity index (χ3v) is 5.75. The molecule has 0 spiro atoms. The minimum Gasteiger partial charge on any atom is -0.497 e. The molecule has 0 aliphatic heterocycles. The smallest absolute Gasteiger partial charge is 0.416 e. The van der Waals surface area contributed by atoms with Crippen molar-refractivity contribution in [3.8, 4) is 11.5 Å². The molecule has 2 rings (SSSR count). The number of nitrogens with two attached hydrogens (primary N) is 1. The number of ether oxygens (including phenoxy) is 2. The van der Waals surface area contributed by atoms with E-state index in [4.69, 9.17) is 20.3 Å². The topological polar surface area (TPSA) is 160 Å². The molecule has 6 N–H and O–H groups in total. The van der Waals surface area contributed by atoms with Crippen molar-refractivity contribution in [1.82, 2.24) is 10.6 Å². The number of hydrogen-bond donors (Lipinski definition) is 5. The second kappa shape index (κ2) is 13.8. The van der Waals surface area contributed by atoms with E-state index in [2.05, 4.69) is 10.6 Å². The summed E-state index contributed by atoms with van der Waals surface area (Å²) in [6, 6.07) is 7.89. The fourth-order valence-corrected chi connectivity index (χ4v) is 3.66. The molecule has 0 aliphatic carbocycles. The van der Waals surface area contributed by atoms with Crippen LogP contribution >= 0.6 is 0 Å². The van der Waals surface area contributed by atoms with Crippen molar-refractivity contribution >= 4 is 17.8 Å². The van der Waals surface area contributed by atoms with Crippen LogP contribution in [-0.2, 0) is 20.8 Å². The maximum Gasteiger partial charge on any atom is 0.416 e. The van der Waals surface area contributed by atoms with Gasteiger partial charge in [-0.15, -0.1) is 0 Å². The highest BCUT2D eigenvalue weighted by Crippen LogP contribution is 2.26. The van der Waals surface area contributed by atoms with E-state index in [1.54, 1.807) is 12.1 Å². The van der Waals surface area contributed by atoms with Gasteiger partial charge in [0.2, 0.25) is 11.8 Å². The maximum atomic E-state index is 13.2. The van der Waals surface area contributed by atoms with Gasteiger partial charge < -0.3 is 36.1 Å². The number of halogens is 3. The van der Waals surface area contributed by atoms with Crippen LogP contribution in [0.25, 0.3) is 0 Å². The molecule has 4 unspecified atom stereocenters. The SMILES string of the molecule is COc1ccc(C(NC(=O)C(N)Cc2cccc(OCC(=O)O)c2)C(=O)NC(C(C)C)C(O)C(F)(F)F)cc1. The first kappa shape index (κ1) is 31.4. The molecule has 39 heavy (non-hydrogen) atoms. The van der Waals surface area contributed by atoms with E-state index in [0.29, 0.717) is 11.3 Å². The maximum absolute atomic E-state index is 13.2. The van der Waals surface area contributed by atoms with Gasteiger partial charge in [-0.1, -0.05) is 38.1 Å². The number of rotatable bonds is 13. The van der Waals surface area contributed by atoms with Crippen LogP contribution in [0.2, 0.25) is 0 Å². The fourth-order valence-electron chi connectivity index (χ4n) is 3.66. The number of amides is 2. The number of alkyl halides is 3. The van der Waals surface area contributed by atoms with Crippen LogP contribution in [0.4, 0.5) is 13.2 Å². The van der Waals surface area contributed by atoms with Crippen molar-refractivity contribution < 1.29 is 47.2 Å². The first-order valence-corrected chi connectivity index (χ1v) is 11.9. The zero-order chi connectivity index (χ0) is 29.3. The molecule has 2 amide bonds. The van der Waals surface area contributed by atoms with E-state index in [0.717, 1.165) is 0 Å². The summed E-state index contributed by atoms with van der Waals surface area (Å²) >= 11 is 0. The molecular weight excluding hydrogens is 523 g/mol. The van der Waals surface area contributed by atoms with E-state index in [-0.39, 0.29) is 17.7 Å². The number of aliphatic hydroxyl groups is 1. The van der Waals surface area contributed by atoms with Crippen LogP contribution in [0.1, 0.15) is 31.0 Å². The van der Waals surface area contributed by atoms with Gasteiger partial charge in [0.15, 0.2) is 12.7 Å². The molecule has 0 aromatic heterocycles. The van der Waals surface area contributed by atoms with Crippen LogP contribution < -0.4 is 25.8 Å². The molecule has 214 valence electrons. The average Bonchev–Trinajstić information content (AvgIpc) is 2.88. The van der Waals surface area contributed by atoms with Gasteiger partial charge in [0, 0.05) is 0 Å². The number of carboxylic acids is 1. The number of carboxylic acid groups (broad SMARTS) is 1. The minimum absolute atomic E-state index is 0.0194. The molecule has 4 atom stereocenters. The standard InChI is InChI=1S/C26H32F3N3O7/c1-14(2)21(23(35)26(27,28)29)31-25(37)22(16-7-9-17(38-3)10-8-16)32-24(36)19(30)12-15-5-4-6-18(11-15)39-13-20(33)34/h4-11,14,19,21-23,35H,12-13,30H2,1-3H3,(H,31,37)(H,32,36)(H,33,34). The van der Waals surface area contributed by atoms with E-state index in [1.807, 2.05) is 0 Å². The lowest BCUT2D eigenvalue weighted by molar-refractivity contribution is -0.215. The largest absolute Gasteiger partial charge is 0.497 e. The molecule has 0 saturated heterocycles. The Labute approximate surface area is 223 Å². The summed E-state index contributed by atoms with van der Waals surface area (Å²) < 4.78 is 49.9. The van der Waals surface area contributed by atoms with Crippen molar-refractivity contribution in [3.05, 3.63) is 59.7 Å². The third kappa shape index (κ3) is 9.45. The van der Waals surface area contributed by atoms with Crippen molar-refractivity contribution in [2.75, 3.05) is 13.7 Å². The quantitative estimate of drug-likeness (QED) is 0.251. The molecule has 0 heterocycles. The van der Waals surface area contributed by atoms with Crippen molar-refractivity contribution in [2.24, 2.45) is 11.7 Å². The summed E-state index contributed by atoms with van der Waals surface area (Å²) in [5.74, 6) is -3.02. The van der Waals surface area contributed by atoms with E-state index in [9.17, 15) is 32.7 Å². The molecule has 2 aromatic carbocycles. The van der Waals surface area contributed by atoms with Crippen LogP contribution in [0.5, 0.6) is 11.5 Å². The molecule has 0 radical (unpaired) electrons. The Morgan fingerprint density at radius 1 is 1.00 bits per heavy atom. The summed E-state index contributed by atoms with van der Waals surface area (Å²) in [6.45, 7) is 2.26. The van der Waals surface area contributed by atoms with Crippen molar-refractivity contribution in [2.45, 2.75) is 50.7 Å². The summed E-state index contributed by atoms with van der Waals surface area (Å²) in [5, 5.41) is 23.3. The van der Waals surface area contributed by atoms with Gasteiger partial charge in [0.1, 0.15) is 17.5 Å².